The lowest BCUT2D eigenvalue weighted by atomic mass is 10.2. The zero-order valence-electron chi connectivity index (χ0n) is 11.4. The van der Waals surface area contributed by atoms with Crippen LogP contribution in [0.2, 0.25) is 0 Å². The molecule has 112 valence electrons. The highest BCUT2D eigenvalue weighted by molar-refractivity contribution is 5.89. The number of hydrogen-bond acceptors (Lipinski definition) is 2. The Bertz CT molecular complexity index is 447. The second-order valence-corrected chi connectivity index (χ2v) is 4.62. The van der Waals surface area contributed by atoms with Crippen molar-refractivity contribution in [2.24, 2.45) is 0 Å². The molecule has 0 aliphatic heterocycles. The molecule has 0 heterocycles. The van der Waals surface area contributed by atoms with Gasteiger partial charge in [-0.2, -0.15) is 13.2 Å². The molecule has 20 heavy (non-hydrogen) atoms. The summed E-state index contributed by atoms with van der Waals surface area (Å²) in [5.74, 6) is 0. The zero-order chi connectivity index (χ0) is 15.2. The summed E-state index contributed by atoms with van der Waals surface area (Å²) in [6.07, 6.45) is -3.65. The Morgan fingerprint density at radius 2 is 2.00 bits per heavy atom. The number of hydrogen-bond donors (Lipinski definition) is 2. The number of halogens is 3. The molecule has 2 amide bonds. The van der Waals surface area contributed by atoms with Gasteiger partial charge in [0.25, 0.3) is 0 Å². The van der Waals surface area contributed by atoms with Gasteiger partial charge in [0.2, 0.25) is 0 Å². The number of anilines is 1. The highest BCUT2D eigenvalue weighted by Gasteiger charge is 2.30. The van der Waals surface area contributed by atoms with Crippen LogP contribution in [0.15, 0.2) is 24.3 Å². The number of nitrogens with zero attached hydrogens (tertiary/aromatic N) is 1. The van der Waals surface area contributed by atoms with Crippen LogP contribution in [0, 0.1) is 0 Å². The summed E-state index contributed by atoms with van der Waals surface area (Å²) < 4.78 is 37.5. The minimum Gasteiger partial charge on any atom is -0.338 e. The Balaban J connectivity index is 2.46. The van der Waals surface area contributed by atoms with Crippen molar-refractivity contribution in [1.29, 1.82) is 0 Å². The maximum atomic E-state index is 12.5. The second kappa shape index (κ2) is 7.14. The SMILES string of the molecule is CN(C)CCCNC(=O)Nc1cccc(C(F)(F)F)c1. The van der Waals surface area contributed by atoms with E-state index in [0.29, 0.717) is 6.54 Å². The van der Waals surface area contributed by atoms with Gasteiger partial charge in [-0.15, -0.1) is 0 Å². The quantitative estimate of drug-likeness (QED) is 0.819. The Labute approximate surface area is 116 Å². The predicted octanol–water partition coefficient (Wildman–Crippen LogP) is 2.78. The van der Waals surface area contributed by atoms with E-state index in [1.165, 1.54) is 12.1 Å². The van der Waals surface area contributed by atoms with E-state index in [1.54, 1.807) is 0 Å². The molecule has 4 nitrogen and oxygen atoms in total. The number of rotatable bonds is 5. The first kappa shape index (κ1) is 16.3. The summed E-state index contributed by atoms with van der Waals surface area (Å²) in [5.41, 5.74) is -0.673. The van der Waals surface area contributed by atoms with E-state index in [9.17, 15) is 18.0 Å². The van der Waals surface area contributed by atoms with Gasteiger partial charge in [0.15, 0.2) is 0 Å². The van der Waals surface area contributed by atoms with Crippen LogP contribution in [0.4, 0.5) is 23.7 Å². The summed E-state index contributed by atoms with van der Waals surface area (Å²) >= 11 is 0. The number of carbonyl (C=O) groups excluding carboxylic acids is 1. The number of alkyl halides is 3. The summed E-state index contributed by atoms with van der Waals surface area (Å²) in [6.45, 7) is 1.28. The highest BCUT2D eigenvalue weighted by Crippen LogP contribution is 2.30. The molecule has 0 saturated carbocycles. The van der Waals surface area contributed by atoms with Crippen LogP contribution in [0.3, 0.4) is 0 Å². The number of amides is 2. The average Bonchev–Trinajstić information content (AvgIpc) is 2.34. The van der Waals surface area contributed by atoms with Crippen LogP contribution >= 0.6 is 0 Å². The first-order chi connectivity index (χ1) is 9.29. The van der Waals surface area contributed by atoms with Crippen LogP contribution in [0.1, 0.15) is 12.0 Å². The van der Waals surface area contributed by atoms with Gasteiger partial charge in [-0.05, 0) is 45.3 Å². The molecular weight excluding hydrogens is 271 g/mol. The fourth-order valence-electron chi connectivity index (χ4n) is 1.55. The van der Waals surface area contributed by atoms with Gasteiger partial charge in [-0.3, -0.25) is 0 Å². The first-order valence-electron chi connectivity index (χ1n) is 6.16. The molecule has 0 aliphatic rings. The highest BCUT2D eigenvalue weighted by atomic mass is 19.4. The summed E-state index contributed by atoms with van der Waals surface area (Å²) in [7, 11) is 3.84. The van der Waals surface area contributed by atoms with E-state index in [2.05, 4.69) is 10.6 Å². The van der Waals surface area contributed by atoms with Gasteiger partial charge in [0.05, 0.1) is 5.56 Å². The van der Waals surface area contributed by atoms with Gasteiger partial charge in [-0.1, -0.05) is 6.07 Å². The number of nitrogens with one attached hydrogen (secondary N) is 2. The molecule has 0 saturated heterocycles. The zero-order valence-corrected chi connectivity index (χ0v) is 11.4. The number of benzene rings is 1. The average molecular weight is 289 g/mol. The standard InChI is InChI=1S/C13H18F3N3O/c1-19(2)8-4-7-17-12(20)18-11-6-3-5-10(9-11)13(14,15)16/h3,5-6,9H,4,7-8H2,1-2H3,(H2,17,18,20). The molecule has 0 unspecified atom stereocenters. The van der Waals surface area contributed by atoms with Gasteiger partial charge in [0.1, 0.15) is 0 Å². The van der Waals surface area contributed by atoms with Crippen molar-refractivity contribution < 1.29 is 18.0 Å². The Kier molecular flexibility index (Phi) is 5.82. The molecule has 0 bridgehead atoms. The van der Waals surface area contributed by atoms with Crippen LogP contribution in [-0.2, 0) is 6.18 Å². The monoisotopic (exact) mass is 289 g/mol. The first-order valence-corrected chi connectivity index (χ1v) is 6.16. The van der Waals surface area contributed by atoms with Gasteiger partial charge in [0, 0.05) is 12.2 Å². The minimum atomic E-state index is -4.42. The normalized spacial score (nSPS) is 11.5. The third-order valence-electron chi connectivity index (χ3n) is 2.52. The smallest absolute Gasteiger partial charge is 0.338 e. The Morgan fingerprint density at radius 3 is 2.60 bits per heavy atom. The Morgan fingerprint density at radius 1 is 1.30 bits per heavy atom. The number of urea groups is 1. The summed E-state index contributed by atoms with van der Waals surface area (Å²) in [6, 6.07) is 4.02. The van der Waals surface area contributed by atoms with Crippen molar-refractivity contribution in [3.63, 3.8) is 0 Å². The van der Waals surface area contributed by atoms with E-state index in [1.807, 2.05) is 19.0 Å². The van der Waals surface area contributed by atoms with Crippen molar-refractivity contribution in [1.82, 2.24) is 10.2 Å². The summed E-state index contributed by atoms with van der Waals surface area (Å²) in [5, 5.41) is 4.97. The van der Waals surface area contributed by atoms with Crippen molar-refractivity contribution in [3.8, 4) is 0 Å². The molecule has 0 atom stereocenters. The predicted molar refractivity (Wildman–Crippen MR) is 71.6 cm³/mol. The van der Waals surface area contributed by atoms with Crippen LogP contribution < -0.4 is 10.6 Å². The fourth-order valence-corrected chi connectivity index (χ4v) is 1.55. The molecule has 0 aliphatic carbocycles. The van der Waals surface area contributed by atoms with Crippen LogP contribution in [0.25, 0.3) is 0 Å². The van der Waals surface area contributed by atoms with Gasteiger partial charge in [-0.25, -0.2) is 4.79 Å². The molecule has 7 heteroatoms. The molecule has 1 aromatic rings. The lowest BCUT2D eigenvalue weighted by molar-refractivity contribution is -0.137. The fraction of sp³-hybridized carbons (Fsp3) is 0.462. The van der Waals surface area contributed by atoms with Crippen LogP contribution in [-0.4, -0.2) is 38.1 Å². The van der Waals surface area contributed by atoms with E-state index < -0.39 is 17.8 Å². The second-order valence-electron chi connectivity index (χ2n) is 4.62. The number of carbonyl (C=O) groups is 1. The molecule has 1 rings (SSSR count). The van der Waals surface area contributed by atoms with Crippen molar-refractivity contribution in [3.05, 3.63) is 29.8 Å². The largest absolute Gasteiger partial charge is 0.416 e. The maximum Gasteiger partial charge on any atom is 0.416 e. The molecule has 0 fully saturated rings. The third-order valence-corrected chi connectivity index (χ3v) is 2.52. The van der Waals surface area contributed by atoms with Crippen LogP contribution in [0.5, 0.6) is 0 Å². The van der Waals surface area contributed by atoms with E-state index in [0.717, 1.165) is 25.1 Å². The lowest BCUT2D eigenvalue weighted by Gasteiger charge is -2.12. The topological polar surface area (TPSA) is 44.4 Å². The van der Waals surface area contributed by atoms with Gasteiger partial charge < -0.3 is 15.5 Å². The molecule has 2 N–H and O–H groups in total. The van der Waals surface area contributed by atoms with E-state index in [-0.39, 0.29) is 5.69 Å². The molecular formula is C13H18F3N3O. The molecule has 0 aromatic heterocycles. The molecule has 0 spiro atoms. The van der Waals surface area contributed by atoms with E-state index >= 15 is 0 Å². The van der Waals surface area contributed by atoms with E-state index in [4.69, 9.17) is 0 Å². The van der Waals surface area contributed by atoms with Crippen molar-refractivity contribution in [2.45, 2.75) is 12.6 Å². The minimum absolute atomic E-state index is 0.116. The lowest BCUT2D eigenvalue weighted by Crippen LogP contribution is -2.31. The Hall–Kier alpha value is -1.76. The third kappa shape index (κ3) is 5.92. The molecule has 1 aromatic carbocycles. The molecule has 0 radical (unpaired) electrons. The van der Waals surface area contributed by atoms with Crippen molar-refractivity contribution in [2.75, 3.05) is 32.5 Å². The maximum absolute atomic E-state index is 12.5. The summed E-state index contributed by atoms with van der Waals surface area (Å²) in [4.78, 5) is 13.5. The van der Waals surface area contributed by atoms with Crippen molar-refractivity contribution >= 4 is 11.7 Å². The van der Waals surface area contributed by atoms with Gasteiger partial charge >= 0.3 is 12.2 Å².